The summed E-state index contributed by atoms with van der Waals surface area (Å²) in [6, 6.07) is 14.3. The van der Waals surface area contributed by atoms with E-state index in [1.54, 1.807) is 19.1 Å². The van der Waals surface area contributed by atoms with Crippen LogP contribution in [0.5, 0.6) is 0 Å². The maximum absolute atomic E-state index is 13.6. The fraction of sp³-hybridized carbons (Fsp3) is 0.235. The molecule has 0 aromatic heterocycles. The van der Waals surface area contributed by atoms with E-state index >= 15 is 0 Å². The number of hydrogen-bond acceptors (Lipinski definition) is 1. The van der Waals surface area contributed by atoms with Gasteiger partial charge in [0.1, 0.15) is 5.82 Å². The lowest BCUT2D eigenvalue weighted by molar-refractivity contribution is 0.0956. The smallest absolute Gasteiger partial charge is 0.170 e. The normalized spacial score (nSPS) is 12.2. The third-order valence-electron chi connectivity index (χ3n) is 3.46. The van der Waals surface area contributed by atoms with Crippen molar-refractivity contribution in [2.45, 2.75) is 26.2 Å². The molecule has 1 atom stereocenters. The number of halogens is 1. The molecule has 2 aromatic rings. The maximum atomic E-state index is 13.6. The number of carbonyl (C=O) groups is 1. The fourth-order valence-electron chi connectivity index (χ4n) is 2.32. The van der Waals surface area contributed by atoms with Gasteiger partial charge in [0.2, 0.25) is 0 Å². The van der Waals surface area contributed by atoms with Gasteiger partial charge >= 0.3 is 0 Å². The number of rotatable bonds is 4. The second kappa shape index (κ2) is 5.79. The summed E-state index contributed by atoms with van der Waals surface area (Å²) >= 11 is 0. The quantitative estimate of drug-likeness (QED) is 0.735. The third kappa shape index (κ3) is 2.73. The topological polar surface area (TPSA) is 17.1 Å². The van der Waals surface area contributed by atoms with E-state index in [0.29, 0.717) is 17.5 Å². The monoisotopic (exact) mass is 256 g/mol. The first-order valence-corrected chi connectivity index (χ1v) is 6.49. The van der Waals surface area contributed by atoms with Gasteiger partial charge in [-0.3, -0.25) is 4.79 Å². The molecule has 2 rings (SSSR count). The number of benzene rings is 2. The van der Waals surface area contributed by atoms with Crippen LogP contribution in [0.1, 0.15) is 40.7 Å². The van der Waals surface area contributed by atoms with E-state index in [2.05, 4.69) is 0 Å². The first kappa shape index (κ1) is 13.5. The molecule has 98 valence electrons. The summed E-state index contributed by atoms with van der Waals surface area (Å²) in [4.78, 5) is 12.6. The van der Waals surface area contributed by atoms with Crippen molar-refractivity contribution in [2.24, 2.45) is 0 Å². The minimum atomic E-state index is -0.325. The van der Waals surface area contributed by atoms with E-state index in [4.69, 9.17) is 0 Å². The van der Waals surface area contributed by atoms with E-state index in [1.807, 2.05) is 37.3 Å². The molecule has 1 nitrogen and oxygen atoms in total. The highest BCUT2D eigenvalue weighted by atomic mass is 19.1. The van der Waals surface area contributed by atoms with Gasteiger partial charge in [-0.05, 0) is 30.5 Å². The van der Waals surface area contributed by atoms with E-state index in [9.17, 15) is 9.18 Å². The van der Waals surface area contributed by atoms with Crippen molar-refractivity contribution in [1.29, 1.82) is 0 Å². The van der Waals surface area contributed by atoms with Crippen LogP contribution in [0.4, 0.5) is 4.39 Å². The molecule has 2 aromatic carbocycles. The van der Waals surface area contributed by atoms with Crippen molar-refractivity contribution in [2.75, 3.05) is 0 Å². The maximum Gasteiger partial charge on any atom is 0.170 e. The molecule has 0 fully saturated rings. The Morgan fingerprint density at radius 2 is 1.79 bits per heavy atom. The average Bonchev–Trinajstić information content (AvgIpc) is 2.44. The summed E-state index contributed by atoms with van der Waals surface area (Å²) < 4.78 is 13.6. The van der Waals surface area contributed by atoms with E-state index in [-0.39, 0.29) is 17.5 Å². The van der Waals surface area contributed by atoms with Gasteiger partial charge in [0.05, 0.1) is 0 Å². The Morgan fingerprint density at radius 3 is 2.42 bits per heavy atom. The highest BCUT2D eigenvalue weighted by Crippen LogP contribution is 2.26. The SMILES string of the molecule is CCC(C(=O)c1cccc(F)c1C)c1ccccc1. The average molecular weight is 256 g/mol. The van der Waals surface area contributed by atoms with Crippen LogP contribution in [-0.4, -0.2) is 5.78 Å². The summed E-state index contributed by atoms with van der Waals surface area (Å²) in [6.45, 7) is 3.63. The van der Waals surface area contributed by atoms with Gasteiger partial charge in [-0.2, -0.15) is 0 Å². The summed E-state index contributed by atoms with van der Waals surface area (Å²) in [5, 5.41) is 0. The highest BCUT2D eigenvalue weighted by molar-refractivity contribution is 6.02. The first-order valence-electron chi connectivity index (χ1n) is 6.49. The zero-order chi connectivity index (χ0) is 13.8. The molecule has 2 heteroatoms. The van der Waals surface area contributed by atoms with Crippen molar-refractivity contribution in [3.8, 4) is 0 Å². The molecular formula is C17H17FO. The lowest BCUT2D eigenvalue weighted by Gasteiger charge is -2.15. The molecule has 0 aliphatic rings. The summed E-state index contributed by atoms with van der Waals surface area (Å²) in [5.41, 5.74) is 1.90. The van der Waals surface area contributed by atoms with Crippen LogP contribution < -0.4 is 0 Å². The van der Waals surface area contributed by atoms with Crippen LogP contribution in [0.15, 0.2) is 48.5 Å². The molecule has 0 heterocycles. The van der Waals surface area contributed by atoms with Crippen molar-refractivity contribution in [3.05, 3.63) is 71.0 Å². The fourth-order valence-corrected chi connectivity index (χ4v) is 2.32. The molecule has 0 saturated heterocycles. The zero-order valence-corrected chi connectivity index (χ0v) is 11.2. The van der Waals surface area contributed by atoms with Gasteiger partial charge in [-0.1, -0.05) is 49.4 Å². The molecule has 0 saturated carbocycles. The Hall–Kier alpha value is -1.96. The van der Waals surface area contributed by atoms with Gasteiger partial charge in [-0.25, -0.2) is 4.39 Å². The third-order valence-corrected chi connectivity index (χ3v) is 3.46. The van der Waals surface area contributed by atoms with Gasteiger partial charge in [0.25, 0.3) is 0 Å². The van der Waals surface area contributed by atoms with Gasteiger partial charge in [0.15, 0.2) is 5.78 Å². The Kier molecular flexibility index (Phi) is 4.10. The standard InChI is InChI=1S/C17H17FO/c1-3-14(13-8-5-4-6-9-13)17(19)15-10-7-11-16(18)12(15)2/h4-11,14H,3H2,1-2H3. The number of carbonyl (C=O) groups excluding carboxylic acids is 1. The Bertz CT molecular complexity index is 575. The molecule has 0 aliphatic carbocycles. The first-order chi connectivity index (χ1) is 9.15. The van der Waals surface area contributed by atoms with Crippen molar-refractivity contribution in [3.63, 3.8) is 0 Å². The second-order valence-electron chi connectivity index (χ2n) is 4.65. The summed E-state index contributed by atoms with van der Waals surface area (Å²) in [5.74, 6) is -0.541. The molecular weight excluding hydrogens is 239 g/mol. The van der Waals surface area contributed by atoms with Crippen molar-refractivity contribution in [1.82, 2.24) is 0 Å². The molecule has 1 unspecified atom stereocenters. The lowest BCUT2D eigenvalue weighted by atomic mass is 9.87. The van der Waals surface area contributed by atoms with Crippen LogP contribution >= 0.6 is 0 Å². The Morgan fingerprint density at radius 1 is 1.11 bits per heavy atom. The lowest BCUT2D eigenvalue weighted by Crippen LogP contribution is -2.14. The summed E-state index contributed by atoms with van der Waals surface area (Å²) in [6.07, 6.45) is 0.707. The molecule has 0 spiro atoms. The van der Waals surface area contributed by atoms with Crippen LogP contribution in [0.3, 0.4) is 0 Å². The zero-order valence-electron chi connectivity index (χ0n) is 11.2. The van der Waals surface area contributed by atoms with Gasteiger partial charge < -0.3 is 0 Å². The minimum absolute atomic E-state index is 0.00861. The predicted molar refractivity (Wildman–Crippen MR) is 74.9 cm³/mol. The molecule has 0 aliphatic heterocycles. The second-order valence-corrected chi connectivity index (χ2v) is 4.65. The van der Waals surface area contributed by atoms with Gasteiger partial charge in [-0.15, -0.1) is 0 Å². The molecule has 0 radical (unpaired) electrons. The highest BCUT2D eigenvalue weighted by Gasteiger charge is 2.22. The van der Waals surface area contributed by atoms with Crippen LogP contribution in [0.25, 0.3) is 0 Å². The largest absolute Gasteiger partial charge is 0.293 e. The molecule has 19 heavy (non-hydrogen) atoms. The van der Waals surface area contributed by atoms with Crippen molar-refractivity contribution >= 4 is 5.78 Å². The van der Waals surface area contributed by atoms with E-state index in [1.165, 1.54) is 6.07 Å². The van der Waals surface area contributed by atoms with Crippen LogP contribution in [0.2, 0.25) is 0 Å². The van der Waals surface area contributed by atoms with Crippen LogP contribution in [-0.2, 0) is 0 Å². The van der Waals surface area contributed by atoms with Gasteiger partial charge in [0, 0.05) is 11.5 Å². The van der Waals surface area contributed by atoms with E-state index < -0.39 is 0 Å². The molecule has 0 N–H and O–H groups in total. The summed E-state index contributed by atoms with van der Waals surface area (Å²) in [7, 11) is 0. The Balaban J connectivity index is 2.39. The molecule has 0 amide bonds. The number of ketones is 1. The Labute approximate surface area is 113 Å². The van der Waals surface area contributed by atoms with E-state index in [0.717, 1.165) is 5.56 Å². The van der Waals surface area contributed by atoms with Crippen molar-refractivity contribution < 1.29 is 9.18 Å². The number of hydrogen-bond donors (Lipinski definition) is 0. The predicted octanol–water partition coefficient (Wildman–Crippen LogP) is 4.51. The number of Topliss-reactive ketones (excluding diaryl/α,β-unsaturated/α-hetero) is 1. The van der Waals surface area contributed by atoms with Crippen LogP contribution in [0, 0.1) is 12.7 Å². The minimum Gasteiger partial charge on any atom is -0.293 e. The molecule has 0 bridgehead atoms.